The molecule has 1 N–H and O–H groups in total. The van der Waals surface area contributed by atoms with Gasteiger partial charge >= 0.3 is 0 Å². The average Bonchev–Trinajstić information content (AvgIpc) is 2.90. The van der Waals surface area contributed by atoms with Gasteiger partial charge < -0.3 is 5.32 Å². The first kappa shape index (κ1) is 19.4. The predicted molar refractivity (Wildman–Crippen MR) is 114 cm³/mol. The molecule has 0 atom stereocenters. The number of aryl methyl sites for hydroxylation is 1. The van der Waals surface area contributed by atoms with E-state index >= 15 is 0 Å². The van der Waals surface area contributed by atoms with Crippen LogP contribution < -0.4 is 9.62 Å². The van der Waals surface area contributed by atoms with Crippen LogP contribution in [0.4, 0.5) is 11.4 Å². The molecule has 0 aliphatic carbocycles. The van der Waals surface area contributed by atoms with Gasteiger partial charge in [-0.2, -0.15) is 4.31 Å². The Morgan fingerprint density at radius 2 is 1.69 bits per heavy atom. The van der Waals surface area contributed by atoms with Crippen LogP contribution in [0.1, 0.15) is 26.3 Å². The van der Waals surface area contributed by atoms with E-state index in [2.05, 4.69) is 21.2 Å². The van der Waals surface area contributed by atoms with Gasteiger partial charge in [0, 0.05) is 15.7 Å². The van der Waals surface area contributed by atoms with Crippen LogP contribution in [-0.4, -0.2) is 20.2 Å². The molecule has 1 heterocycles. The van der Waals surface area contributed by atoms with Gasteiger partial charge in [0.05, 0.1) is 11.3 Å². The minimum atomic E-state index is -4.11. The fourth-order valence-electron chi connectivity index (χ4n) is 3.11. The van der Waals surface area contributed by atoms with Crippen molar-refractivity contribution >= 4 is 49.1 Å². The van der Waals surface area contributed by atoms with Crippen LogP contribution in [0.2, 0.25) is 0 Å². The monoisotopic (exact) mass is 470 g/mol. The minimum Gasteiger partial charge on any atom is -0.322 e. The van der Waals surface area contributed by atoms with E-state index in [9.17, 15) is 18.0 Å². The molecule has 0 spiro atoms. The average molecular weight is 471 g/mol. The third-order valence-electron chi connectivity index (χ3n) is 4.63. The van der Waals surface area contributed by atoms with Crippen molar-refractivity contribution in [3.8, 4) is 0 Å². The Morgan fingerprint density at radius 1 is 1.00 bits per heavy atom. The summed E-state index contributed by atoms with van der Waals surface area (Å²) in [5.74, 6) is -1.10. The van der Waals surface area contributed by atoms with Gasteiger partial charge in [-0.15, -0.1) is 0 Å². The van der Waals surface area contributed by atoms with Crippen molar-refractivity contribution < 1.29 is 18.0 Å². The summed E-state index contributed by atoms with van der Waals surface area (Å²) in [6.07, 6.45) is 0. The van der Waals surface area contributed by atoms with Crippen LogP contribution in [0.5, 0.6) is 0 Å². The number of carbonyl (C=O) groups is 2. The van der Waals surface area contributed by atoms with Crippen LogP contribution in [0.25, 0.3) is 0 Å². The molecule has 2 amide bonds. The molecule has 29 heavy (non-hydrogen) atoms. The number of amides is 2. The summed E-state index contributed by atoms with van der Waals surface area (Å²) in [5.41, 5.74) is 1.95. The van der Waals surface area contributed by atoms with Gasteiger partial charge in [0.15, 0.2) is 0 Å². The Kier molecular flexibility index (Phi) is 4.76. The number of nitrogens with zero attached hydrogens (tertiary/aromatic N) is 1. The van der Waals surface area contributed by atoms with E-state index in [1.807, 2.05) is 19.1 Å². The van der Waals surface area contributed by atoms with E-state index in [1.165, 1.54) is 30.3 Å². The van der Waals surface area contributed by atoms with Crippen LogP contribution in [0.3, 0.4) is 0 Å². The van der Waals surface area contributed by atoms with Crippen molar-refractivity contribution in [3.05, 3.63) is 87.9 Å². The van der Waals surface area contributed by atoms with E-state index in [0.717, 1.165) is 14.3 Å². The lowest BCUT2D eigenvalue weighted by Crippen LogP contribution is -2.29. The molecule has 0 saturated heterocycles. The summed E-state index contributed by atoms with van der Waals surface area (Å²) in [6, 6.07) is 17.7. The maximum absolute atomic E-state index is 13.0. The molecular weight excluding hydrogens is 456 g/mol. The fourth-order valence-corrected chi connectivity index (χ4v) is 5.00. The van der Waals surface area contributed by atoms with Crippen molar-refractivity contribution in [2.45, 2.75) is 11.8 Å². The Labute approximate surface area is 176 Å². The normalized spacial score (nSPS) is 14.6. The molecule has 6 nitrogen and oxygen atoms in total. The van der Waals surface area contributed by atoms with Crippen molar-refractivity contribution in [1.29, 1.82) is 0 Å². The van der Waals surface area contributed by atoms with Gasteiger partial charge in [0.2, 0.25) is 0 Å². The quantitative estimate of drug-likeness (QED) is 0.616. The van der Waals surface area contributed by atoms with Crippen LogP contribution in [0, 0.1) is 6.92 Å². The number of nitrogens with one attached hydrogen (secondary N) is 1. The number of fused-ring (bicyclic) bond motifs is 1. The first-order chi connectivity index (χ1) is 13.8. The standard InChI is InChI=1S/C21H15BrN2O4S/c1-13-4-2-3-5-18(13)23-20(25)14-6-11-17-19(12-14)29(27,28)24(21(17)26)16-9-7-15(22)8-10-16/h2-12H,1H3,(H,23,25). The minimum absolute atomic E-state index is 0.0420. The largest absolute Gasteiger partial charge is 0.322 e. The third kappa shape index (κ3) is 3.34. The molecule has 1 aliphatic rings. The number of hydrogen-bond donors (Lipinski definition) is 1. The first-order valence-electron chi connectivity index (χ1n) is 8.65. The molecule has 0 bridgehead atoms. The Hall–Kier alpha value is -2.97. The van der Waals surface area contributed by atoms with E-state index in [0.29, 0.717) is 5.69 Å². The zero-order valence-corrected chi connectivity index (χ0v) is 17.6. The summed E-state index contributed by atoms with van der Waals surface area (Å²) >= 11 is 3.29. The number of sulfonamides is 1. The topological polar surface area (TPSA) is 83.6 Å². The number of halogens is 1. The second kappa shape index (κ2) is 7.13. The molecule has 0 saturated carbocycles. The van der Waals surface area contributed by atoms with Gasteiger partial charge in [-0.05, 0) is 61.0 Å². The lowest BCUT2D eigenvalue weighted by Gasteiger charge is -2.15. The molecule has 3 aromatic rings. The number of para-hydroxylation sites is 1. The Bertz CT molecular complexity index is 1250. The predicted octanol–water partition coefficient (Wildman–Crippen LogP) is 4.36. The molecule has 0 fully saturated rings. The molecule has 0 radical (unpaired) electrons. The zero-order chi connectivity index (χ0) is 20.8. The highest BCUT2D eigenvalue weighted by Gasteiger charge is 2.42. The summed E-state index contributed by atoms with van der Waals surface area (Å²) in [7, 11) is -4.11. The maximum atomic E-state index is 13.0. The van der Waals surface area contributed by atoms with Crippen molar-refractivity contribution in [3.63, 3.8) is 0 Å². The molecule has 3 aromatic carbocycles. The maximum Gasteiger partial charge on any atom is 0.273 e. The number of hydrogen-bond acceptors (Lipinski definition) is 4. The van der Waals surface area contributed by atoms with Crippen molar-refractivity contribution in [2.75, 3.05) is 9.62 Å². The number of rotatable bonds is 3. The van der Waals surface area contributed by atoms with Crippen LogP contribution >= 0.6 is 15.9 Å². The number of benzene rings is 3. The van der Waals surface area contributed by atoms with Gasteiger partial charge in [-0.3, -0.25) is 9.59 Å². The Balaban J connectivity index is 1.71. The van der Waals surface area contributed by atoms with Gasteiger partial charge in [-0.1, -0.05) is 34.1 Å². The van der Waals surface area contributed by atoms with Crippen LogP contribution in [0.15, 0.2) is 76.1 Å². The fraction of sp³-hybridized carbons (Fsp3) is 0.0476. The van der Waals surface area contributed by atoms with Gasteiger partial charge in [-0.25, -0.2) is 8.42 Å². The van der Waals surface area contributed by atoms with Gasteiger partial charge in [0.1, 0.15) is 4.90 Å². The third-order valence-corrected chi connectivity index (χ3v) is 6.91. The Morgan fingerprint density at radius 3 is 2.38 bits per heavy atom. The molecule has 4 rings (SSSR count). The number of anilines is 2. The second-order valence-electron chi connectivity index (χ2n) is 6.53. The molecule has 0 unspecified atom stereocenters. The first-order valence-corrected chi connectivity index (χ1v) is 10.9. The SMILES string of the molecule is Cc1ccccc1NC(=O)c1ccc2c(c1)S(=O)(=O)N(c1ccc(Br)cc1)C2=O. The van der Waals surface area contributed by atoms with E-state index < -0.39 is 21.8 Å². The molecule has 1 aliphatic heterocycles. The summed E-state index contributed by atoms with van der Waals surface area (Å²) in [5, 5.41) is 2.77. The highest BCUT2D eigenvalue weighted by atomic mass is 79.9. The van der Waals surface area contributed by atoms with E-state index in [4.69, 9.17) is 0 Å². The summed E-state index contributed by atoms with van der Waals surface area (Å²) in [4.78, 5) is 25.2. The highest BCUT2D eigenvalue weighted by Crippen LogP contribution is 2.35. The molecule has 0 aromatic heterocycles. The van der Waals surface area contributed by atoms with Crippen molar-refractivity contribution in [2.24, 2.45) is 0 Å². The second-order valence-corrected chi connectivity index (χ2v) is 9.20. The summed E-state index contributed by atoms with van der Waals surface area (Å²) in [6.45, 7) is 1.86. The molecular formula is C21H15BrN2O4S. The lowest BCUT2D eigenvalue weighted by atomic mass is 10.1. The number of carbonyl (C=O) groups excluding carboxylic acids is 2. The lowest BCUT2D eigenvalue weighted by molar-refractivity contribution is 0.100. The zero-order valence-electron chi connectivity index (χ0n) is 15.2. The van der Waals surface area contributed by atoms with Crippen molar-refractivity contribution in [1.82, 2.24) is 0 Å². The highest BCUT2D eigenvalue weighted by molar-refractivity contribution is 9.10. The smallest absolute Gasteiger partial charge is 0.273 e. The van der Waals surface area contributed by atoms with Gasteiger partial charge in [0.25, 0.3) is 21.8 Å². The van der Waals surface area contributed by atoms with E-state index in [-0.39, 0.29) is 21.7 Å². The summed E-state index contributed by atoms with van der Waals surface area (Å²) < 4.78 is 27.6. The molecule has 8 heteroatoms. The van der Waals surface area contributed by atoms with Crippen LogP contribution in [-0.2, 0) is 10.0 Å². The molecule has 146 valence electrons. The van der Waals surface area contributed by atoms with E-state index in [1.54, 1.807) is 24.3 Å².